The molecule has 7 heteroatoms. The van der Waals surface area contributed by atoms with Gasteiger partial charge >= 0.3 is 6.18 Å². The number of hydrogen-bond acceptors (Lipinski definition) is 3. The molecule has 1 aromatic rings. The highest BCUT2D eigenvalue weighted by Gasteiger charge is 2.26. The topological polar surface area (TPSA) is 68.3 Å². The molecule has 0 aliphatic heterocycles. The van der Waals surface area contributed by atoms with E-state index in [1.165, 1.54) is 12.3 Å². The standard InChI is InChI=1S/C10H13F3N2O2/c11-10(12,13)2-1-3-15-9(16)7-4-8(5-14)17-6-7/h4,6H,1-3,5,14H2,(H,15,16). The Balaban J connectivity index is 2.30. The second kappa shape index (κ2) is 5.72. The third-order valence-electron chi connectivity index (χ3n) is 2.04. The van der Waals surface area contributed by atoms with Crippen LogP contribution in [0.5, 0.6) is 0 Å². The van der Waals surface area contributed by atoms with Gasteiger partial charge in [-0.2, -0.15) is 13.2 Å². The predicted molar refractivity (Wildman–Crippen MR) is 54.2 cm³/mol. The van der Waals surface area contributed by atoms with Crippen molar-refractivity contribution in [3.05, 3.63) is 23.7 Å². The summed E-state index contributed by atoms with van der Waals surface area (Å²) in [6.07, 6.45) is -4.02. The van der Waals surface area contributed by atoms with Gasteiger partial charge in [-0.25, -0.2) is 0 Å². The van der Waals surface area contributed by atoms with Crippen LogP contribution >= 0.6 is 0 Å². The van der Waals surface area contributed by atoms with Gasteiger partial charge in [0.15, 0.2) is 0 Å². The number of nitrogens with two attached hydrogens (primary N) is 1. The minimum absolute atomic E-state index is 0.0263. The van der Waals surface area contributed by atoms with Gasteiger partial charge < -0.3 is 15.5 Å². The van der Waals surface area contributed by atoms with Crippen molar-refractivity contribution in [1.82, 2.24) is 5.32 Å². The Morgan fingerprint density at radius 2 is 2.18 bits per heavy atom. The van der Waals surface area contributed by atoms with Crippen molar-refractivity contribution < 1.29 is 22.4 Å². The number of carbonyl (C=O) groups excluding carboxylic acids is 1. The van der Waals surface area contributed by atoms with Crippen LogP contribution < -0.4 is 11.1 Å². The van der Waals surface area contributed by atoms with Crippen LogP contribution in [0, 0.1) is 0 Å². The molecular formula is C10H13F3N2O2. The average Bonchev–Trinajstić information content (AvgIpc) is 2.71. The number of alkyl halides is 3. The van der Waals surface area contributed by atoms with Crippen LogP contribution in [-0.4, -0.2) is 18.6 Å². The zero-order valence-corrected chi connectivity index (χ0v) is 9.01. The van der Waals surface area contributed by atoms with E-state index in [4.69, 9.17) is 10.2 Å². The Morgan fingerprint density at radius 1 is 1.47 bits per heavy atom. The normalized spacial score (nSPS) is 11.5. The SMILES string of the molecule is NCc1cc(C(=O)NCCCC(F)(F)F)co1. The molecule has 17 heavy (non-hydrogen) atoms. The Hall–Kier alpha value is -1.50. The van der Waals surface area contributed by atoms with Crippen LogP contribution in [0.3, 0.4) is 0 Å². The summed E-state index contributed by atoms with van der Waals surface area (Å²) < 4.78 is 40.4. The second-order valence-electron chi connectivity index (χ2n) is 3.48. The van der Waals surface area contributed by atoms with Gasteiger partial charge in [-0.3, -0.25) is 4.79 Å². The fourth-order valence-electron chi connectivity index (χ4n) is 1.20. The summed E-state index contributed by atoms with van der Waals surface area (Å²) in [6.45, 7) is 0.142. The van der Waals surface area contributed by atoms with Crippen LogP contribution in [0.2, 0.25) is 0 Å². The summed E-state index contributed by atoms with van der Waals surface area (Å²) >= 11 is 0. The summed E-state index contributed by atoms with van der Waals surface area (Å²) in [6, 6.07) is 1.46. The Kier molecular flexibility index (Phi) is 4.56. The average molecular weight is 250 g/mol. The summed E-state index contributed by atoms with van der Waals surface area (Å²) in [5.74, 6) is -0.0129. The lowest BCUT2D eigenvalue weighted by Crippen LogP contribution is -2.25. The fraction of sp³-hybridized carbons (Fsp3) is 0.500. The minimum Gasteiger partial charge on any atom is -0.467 e. The van der Waals surface area contributed by atoms with Crippen LogP contribution in [0.4, 0.5) is 13.2 Å². The molecule has 0 saturated carbocycles. The number of furan rings is 1. The predicted octanol–water partition coefficient (Wildman–Crippen LogP) is 1.81. The molecule has 0 atom stereocenters. The van der Waals surface area contributed by atoms with Crippen LogP contribution in [0.1, 0.15) is 29.0 Å². The van der Waals surface area contributed by atoms with Gasteiger partial charge in [0, 0.05) is 13.0 Å². The number of carbonyl (C=O) groups is 1. The van der Waals surface area contributed by atoms with Crippen molar-refractivity contribution >= 4 is 5.91 Å². The van der Waals surface area contributed by atoms with Crippen molar-refractivity contribution in [2.24, 2.45) is 5.73 Å². The molecule has 4 nitrogen and oxygen atoms in total. The van der Waals surface area contributed by atoms with E-state index in [1.54, 1.807) is 0 Å². The van der Waals surface area contributed by atoms with E-state index in [2.05, 4.69) is 5.32 Å². The molecule has 0 bridgehead atoms. The summed E-state index contributed by atoms with van der Waals surface area (Å²) in [5, 5.41) is 2.37. The van der Waals surface area contributed by atoms with E-state index in [0.717, 1.165) is 0 Å². The van der Waals surface area contributed by atoms with Gasteiger partial charge in [0.2, 0.25) is 0 Å². The molecule has 0 aliphatic carbocycles. The molecule has 0 saturated heterocycles. The zero-order chi connectivity index (χ0) is 12.9. The van der Waals surface area contributed by atoms with Crippen molar-refractivity contribution in [1.29, 1.82) is 0 Å². The number of halogens is 3. The summed E-state index contributed by atoms with van der Waals surface area (Å²) in [7, 11) is 0. The molecule has 0 unspecified atom stereocenters. The summed E-state index contributed by atoms with van der Waals surface area (Å²) in [4.78, 5) is 11.4. The molecule has 1 aromatic heterocycles. The maximum atomic E-state index is 11.8. The highest BCUT2D eigenvalue weighted by Crippen LogP contribution is 2.20. The molecule has 96 valence electrons. The molecule has 1 heterocycles. The quantitative estimate of drug-likeness (QED) is 0.783. The Bertz CT molecular complexity index is 374. The van der Waals surface area contributed by atoms with E-state index in [-0.39, 0.29) is 25.1 Å². The van der Waals surface area contributed by atoms with Crippen LogP contribution in [0.15, 0.2) is 16.7 Å². The molecule has 0 radical (unpaired) electrons. The van der Waals surface area contributed by atoms with E-state index in [9.17, 15) is 18.0 Å². The van der Waals surface area contributed by atoms with E-state index < -0.39 is 18.5 Å². The zero-order valence-electron chi connectivity index (χ0n) is 9.01. The summed E-state index contributed by atoms with van der Waals surface area (Å²) in [5.41, 5.74) is 5.54. The maximum Gasteiger partial charge on any atom is 0.389 e. The van der Waals surface area contributed by atoms with Crippen molar-refractivity contribution in [2.75, 3.05) is 6.54 Å². The first-order valence-electron chi connectivity index (χ1n) is 5.05. The first-order valence-corrected chi connectivity index (χ1v) is 5.05. The Morgan fingerprint density at radius 3 is 2.71 bits per heavy atom. The van der Waals surface area contributed by atoms with Gasteiger partial charge in [0.1, 0.15) is 12.0 Å². The van der Waals surface area contributed by atoms with Gasteiger partial charge in [-0.15, -0.1) is 0 Å². The van der Waals surface area contributed by atoms with Crippen molar-refractivity contribution in [2.45, 2.75) is 25.6 Å². The highest BCUT2D eigenvalue weighted by atomic mass is 19.4. The number of amides is 1. The highest BCUT2D eigenvalue weighted by molar-refractivity contribution is 5.93. The van der Waals surface area contributed by atoms with Gasteiger partial charge in [0.05, 0.1) is 12.1 Å². The monoisotopic (exact) mass is 250 g/mol. The molecular weight excluding hydrogens is 237 g/mol. The number of nitrogens with one attached hydrogen (secondary N) is 1. The fourth-order valence-corrected chi connectivity index (χ4v) is 1.20. The first kappa shape index (κ1) is 13.6. The number of rotatable bonds is 5. The molecule has 0 spiro atoms. The third kappa shape index (κ3) is 4.90. The van der Waals surface area contributed by atoms with E-state index in [1.807, 2.05) is 0 Å². The molecule has 1 amide bonds. The Labute approximate surface area is 96.0 Å². The van der Waals surface area contributed by atoms with Gasteiger partial charge in [-0.05, 0) is 12.5 Å². The second-order valence-corrected chi connectivity index (χ2v) is 3.48. The van der Waals surface area contributed by atoms with Gasteiger partial charge in [-0.1, -0.05) is 0 Å². The molecule has 0 fully saturated rings. The molecule has 3 N–H and O–H groups in total. The lowest BCUT2D eigenvalue weighted by molar-refractivity contribution is -0.135. The number of hydrogen-bond donors (Lipinski definition) is 2. The lowest BCUT2D eigenvalue weighted by atomic mass is 10.2. The third-order valence-corrected chi connectivity index (χ3v) is 2.04. The maximum absolute atomic E-state index is 11.8. The van der Waals surface area contributed by atoms with E-state index >= 15 is 0 Å². The van der Waals surface area contributed by atoms with E-state index in [0.29, 0.717) is 5.76 Å². The van der Waals surface area contributed by atoms with Crippen LogP contribution in [-0.2, 0) is 6.54 Å². The van der Waals surface area contributed by atoms with Crippen LogP contribution in [0.25, 0.3) is 0 Å². The molecule has 1 rings (SSSR count). The van der Waals surface area contributed by atoms with Crippen molar-refractivity contribution in [3.8, 4) is 0 Å². The smallest absolute Gasteiger partial charge is 0.389 e. The largest absolute Gasteiger partial charge is 0.467 e. The molecule has 0 aromatic carbocycles. The molecule has 0 aliphatic rings. The van der Waals surface area contributed by atoms with Gasteiger partial charge in [0.25, 0.3) is 5.91 Å². The lowest BCUT2D eigenvalue weighted by Gasteiger charge is -2.06. The van der Waals surface area contributed by atoms with Crippen molar-refractivity contribution in [3.63, 3.8) is 0 Å². The first-order chi connectivity index (χ1) is 7.92. The minimum atomic E-state index is -4.19.